The largest absolute Gasteiger partial charge is 0.298 e. The highest BCUT2D eigenvalue weighted by Crippen LogP contribution is 2.27. The highest BCUT2D eigenvalue weighted by atomic mass is 35.5. The summed E-state index contributed by atoms with van der Waals surface area (Å²) in [5, 5.41) is 4.05. The molecule has 1 amide bonds. The number of halogens is 1. The number of aryl methyl sites for hydroxylation is 1. The first-order valence-corrected chi connectivity index (χ1v) is 7.81. The minimum atomic E-state index is -0.179. The van der Waals surface area contributed by atoms with E-state index < -0.39 is 0 Å². The Morgan fingerprint density at radius 2 is 2.00 bits per heavy atom. The van der Waals surface area contributed by atoms with Crippen LogP contribution in [0.2, 0.25) is 5.02 Å². The van der Waals surface area contributed by atoms with Gasteiger partial charge in [0.1, 0.15) is 0 Å². The molecule has 106 valence electrons. The molecule has 3 nitrogen and oxygen atoms in total. The summed E-state index contributed by atoms with van der Waals surface area (Å²) in [4.78, 5) is 16.6. The molecule has 0 aliphatic rings. The molecule has 0 atom stereocenters. The van der Waals surface area contributed by atoms with Crippen LogP contribution in [0.25, 0.3) is 10.2 Å². The summed E-state index contributed by atoms with van der Waals surface area (Å²) in [5.41, 5.74) is 2.73. The molecule has 0 spiro atoms. The van der Waals surface area contributed by atoms with Crippen LogP contribution in [-0.4, -0.2) is 10.9 Å². The van der Waals surface area contributed by atoms with Gasteiger partial charge in [0, 0.05) is 10.6 Å². The van der Waals surface area contributed by atoms with E-state index in [0.717, 1.165) is 16.6 Å². The molecule has 21 heavy (non-hydrogen) atoms. The Bertz CT molecular complexity index is 796. The quantitative estimate of drug-likeness (QED) is 0.756. The molecule has 0 fully saturated rings. The average molecular weight is 317 g/mol. The maximum atomic E-state index is 12.1. The second-order valence-corrected chi connectivity index (χ2v) is 6.10. The highest BCUT2D eigenvalue weighted by Gasteiger charge is 2.10. The van der Waals surface area contributed by atoms with Crippen LogP contribution in [0, 0.1) is 0 Å². The predicted octanol–water partition coefficient (Wildman–Crippen LogP) is 4.76. The highest BCUT2D eigenvalue weighted by molar-refractivity contribution is 7.22. The van der Waals surface area contributed by atoms with Crippen molar-refractivity contribution in [2.75, 3.05) is 5.32 Å². The minimum absolute atomic E-state index is 0.179. The van der Waals surface area contributed by atoms with Gasteiger partial charge >= 0.3 is 0 Å². The van der Waals surface area contributed by atoms with Crippen molar-refractivity contribution in [3.05, 3.63) is 58.6 Å². The SMILES string of the molecule is CCc1ccc2nc(NC(=O)c3ccc(Cl)cc3)sc2c1. The van der Waals surface area contributed by atoms with E-state index in [2.05, 4.69) is 29.4 Å². The number of carbonyl (C=O) groups excluding carboxylic acids is 1. The molecule has 0 aliphatic heterocycles. The van der Waals surface area contributed by atoms with Crippen molar-refractivity contribution in [2.24, 2.45) is 0 Å². The van der Waals surface area contributed by atoms with Crippen LogP contribution in [0.3, 0.4) is 0 Å². The third-order valence-electron chi connectivity index (χ3n) is 3.19. The van der Waals surface area contributed by atoms with Crippen molar-refractivity contribution in [1.82, 2.24) is 4.98 Å². The third kappa shape index (κ3) is 3.06. The van der Waals surface area contributed by atoms with Gasteiger partial charge in [0.05, 0.1) is 10.2 Å². The van der Waals surface area contributed by atoms with Gasteiger partial charge in [-0.25, -0.2) is 4.98 Å². The number of hydrogen-bond donors (Lipinski definition) is 1. The van der Waals surface area contributed by atoms with E-state index in [0.29, 0.717) is 15.7 Å². The number of carbonyl (C=O) groups is 1. The fourth-order valence-corrected chi connectivity index (χ4v) is 3.06. The maximum Gasteiger partial charge on any atom is 0.257 e. The van der Waals surface area contributed by atoms with Crippen molar-refractivity contribution < 1.29 is 4.79 Å². The molecule has 0 radical (unpaired) electrons. The average Bonchev–Trinajstić information content (AvgIpc) is 2.88. The van der Waals surface area contributed by atoms with Crippen molar-refractivity contribution in [3.8, 4) is 0 Å². The molecule has 0 saturated heterocycles. The van der Waals surface area contributed by atoms with Gasteiger partial charge in [-0.1, -0.05) is 35.9 Å². The summed E-state index contributed by atoms with van der Waals surface area (Å²) < 4.78 is 1.08. The Labute approximate surface area is 131 Å². The van der Waals surface area contributed by atoms with Crippen LogP contribution >= 0.6 is 22.9 Å². The fraction of sp³-hybridized carbons (Fsp3) is 0.125. The van der Waals surface area contributed by atoms with Gasteiger partial charge < -0.3 is 0 Å². The van der Waals surface area contributed by atoms with Gasteiger partial charge in [-0.15, -0.1) is 0 Å². The second kappa shape index (κ2) is 5.84. The first-order chi connectivity index (χ1) is 10.2. The molecule has 2 aromatic carbocycles. The van der Waals surface area contributed by atoms with Gasteiger partial charge in [0.2, 0.25) is 0 Å². The number of thiazole rings is 1. The number of nitrogens with zero attached hydrogens (tertiary/aromatic N) is 1. The summed E-state index contributed by atoms with van der Waals surface area (Å²) in [6, 6.07) is 12.9. The number of rotatable bonds is 3. The summed E-state index contributed by atoms with van der Waals surface area (Å²) in [7, 11) is 0. The van der Waals surface area contributed by atoms with Crippen LogP contribution < -0.4 is 5.32 Å². The Morgan fingerprint density at radius 1 is 1.24 bits per heavy atom. The normalized spacial score (nSPS) is 10.8. The number of aromatic nitrogens is 1. The zero-order chi connectivity index (χ0) is 14.8. The Morgan fingerprint density at radius 3 is 2.71 bits per heavy atom. The molecule has 0 bridgehead atoms. The molecule has 1 aromatic heterocycles. The standard InChI is InChI=1S/C16H13ClN2OS/c1-2-10-3-8-13-14(9-10)21-16(18-13)19-15(20)11-4-6-12(17)7-5-11/h3-9H,2H2,1H3,(H,18,19,20). The molecule has 5 heteroatoms. The van der Waals surface area contributed by atoms with E-state index in [1.807, 2.05) is 6.07 Å². The molecule has 0 unspecified atom stereocenters. The van der Waals surface area contributed by atoms with Crippen LogP contribution in [0.15, 0.2) is 42.5 Å². The predicted molar refractivity (Wildman–Crippen MR) is 88.4 cm³/mol. The van der Waals surface area contributed by atoms with E-state index in [9.17, 15) is 4.79 Å². The van der Waals surface area contributed by atoms with Gasteiger partial charge in [-0.3, -0.25) is 10.1 Å². The van der Waals surface area contributed by atoms with Crippen LogP contribution in [0.4, 0.5) is 5.13 Å². The van der Waals surface area contributed by atoms with Crippen molar-refractivity contribution in [3.63, 3.8) is 0 Å². The summed E-state index contributed by atoms with van der Waals surface area (Å²) in [5.74, 6) is -0.179. The first kappa shape index (κ1) is 14.0. The Balaban J connectivity index is 1.84. The number of hydrogen-bond acceptors (Lipinski definition) is 3. The number of fused-ring (bicyclic) bond motifs is 1. The zero-order valence-electron chi connectivity index (χ0n) is 11.4. The van der Waals surface area contributed by atoms with Gasteiger partial charge in [0.25, 0.3) is 5.91 Å². The molecular formula is C16H13ClN2OS. The zero-order valence-corrected chi connectivity index (χ0v) is 13.0. The van der Waals surface area contributed by atoms with E-state index in [4.69, 9.17) is 11.6 Å². The van der Waals surface area contributed by atoms with Crippen LogP contribution in [-0.2, 0) is 6.42 Å². The van der Waals surface area contributed by atoms with E-state index >= 15 is 0 Å². The Kier molecular flexibility index (Phi) is 3.90. The smallest absolute Gasteiger partial charge is 0.257 e. The van der Waals surface area contributed by atoms with Crippen molar-refractivity contribution >= 4 is 44.2 Å². The van der Waals surface area contributed by atoms with Gasteiger partial charge in [-0.05, 0) is 48.4 Å². The van der Waals surface area contributed by atoms with E-state index in [-0.39, 0.29) is 5.91 Å². The molecule has 0 saturated carbocycles. The van der Waals surface area contributed by atoms with Crippen molar-refractivity contribution in [2.45, 2.75) is 13.3 Å². The summed E-state index contributed by atoms with van der Waals surface area (Å²) in [6.07, 6.45) is 0.986. The van der Waals surface area contributed by atoms with E-state index in [1.165, 1.54) is 16.9 Å². The second-order valence-electron chi connectivity index (χ2n) is 4.64. The fourth-order valence-electron chi connectivity index (χ4n) is 2.01. The van der Waals surface area contributed by atoms with Crippen LogP contribution in [0.1, 0.15) is 22.8 Å². The topological polar surface area (TPSA) is 42.0 Å². The molecule has 3 aromatic rings. The van der Waals surface area contributed by atoms with Gasteiger partial charge in [-0.2, -0.15) is 0 Å². The number of anilines is 1. The van der Waals surface area contributed by atoms with Crippen molar-refractivity contribution in [1.29, 1.82) is 0 Å². The number of nitrogens with one attached hydrogen (secondary N) is 1. The molecule has 0 aliphatic carbocycles. The molecule has 1 heterocycles. The number of benzene rings is 2. The minimum Gasteiger partial charge on any atom is -0.298 e. The van der Waals surface area contributed by atoms with Gasteiger partial charge in [0.15, 0.2) is 5.13 Å². The molecular weight excluding hydrogens is 304 g/mol. The lowest BCUT2D eigenvalue weighted by atomic mass is 10.2. The summed E-state index contributed by atoms with van der Waals surface area (Å²) >= 11 is 7.30. The lowest BCUT2D eigenvalue weighted by molar-refractivity contribution is 0.102. The summed E-state index contributed by atoms with van der Waals surface area (Å²) in [6.45, 7) is 2.12. The number of amides is 1. The monoisotopic (exact) mass is 316 g/mol. The maximum absolute atomic E-state index is 12.1. The molecule has 3 rings (SSSR count). The Hall–Kier alpha value is -1.91. The van der Waals surface area contributed by atoms with Crippen LogP contribution in [0.5, 0.6) is 0 Å². The lowest BCUT2D eigenvalue weighted by Crippen LogP contribution is -2.11. The first-order valence-electron chi connectivity index (χ1n) is 6.62. The third-order valence-corrected chi connectivity index (χ3v) is 4.37. The molecule has 1 N–H and O–H groups in total. The lowest BCUT2D eigenvalue weighted by Gasteiger charge is -2.01. The van der Waals surface area contributed by atoms with E-state index in [1.54, 1.807) is 24.3 Å².